The highest BCUT2D eigenvalue weighted by Crippen LogP contribution is 2.46. The monoisotopic (exact) mass is 531 g/mol. The number of amides is 3. The van der Waals surface area contributed by atoms with Gasteiger partial charge in [-0.2, -0.15) is 4.98 Å². The molecule has 3 amide bonds. The first kappa shape index (κ1) is 25.7. The van der Waals surface area contributed by atoms with Crippen molar-refractivity contribution in [2.75, 3.05) is 48.3 Å². The van der Waals surface area contributed by atoms with E-state index in [0.29, 0.717) is 17.8 Å². The van der Waals surface area contributed by atoms with Crippen LogP contribution in [0, 0.1) is 5.41 Å². The summed E-state index contributed by atoms with van der Waals surface area (Å²) in [4.78, 5) is 56.6. The fraction of sp³-hybridized carbons (Fsp3) is 0.552. The Morgan fingerprint density at radius 2 is 1.64 bits per heavy atom. The zero-order chi connectivity index (χ0) is 27.3. The van der Waals surface area contributed by atoms with Crippen LogP contribution in [0.2, 0.25) is 0 Å². The second kappa shape index (κ2) is 9.89. The molecule has 1 aromatic carbocycles. The molecule has 2 saturated heterocycles. The van der Waals surface area contributed by atoms with Crippen molar-refractivity contribution < 1.29 is 14.4 Å². The molecule has 1 aromatic heterocycles. The van der Waals surface area contributed by atoms with Gasteiger partial charge in [-0.05, 0) is 51.0 Å². The van der Waals surface area contributed by atoms with Gasteiger partial charge in [-0.3, -0.25) is 29.1 Å². The molecule has 1 N–H and O–H groups in total. The van der Waals surface area contributed by atoms with Crippen LogP contribution in [-0.2, 0) is 20.8 Å². The third kappa shape index (κ3) is 4.44. The Labute approximate surface area is 229 Å². The molecular formula is C29H37N7O3. The van der Waals surface area contributed by atoms with Crippen molar-refractivity contribution in [2.24, 2.45) is 5.41 Å². The minimum Gasteiger partial charge on any atom is -0.369 e. The summed E-state index contributed by atoms with van der Waals surface area (Å²) >= 11 is 0. The summed E-state index contributed by atoms with van der Waals surface area (Å²) in [5.74, 6) is -0.0583. The van der Waals surface area contributed by atoms with Crippen molar-refractivity contribution in [1.29, 1.82) is 0 Å². The fourth-order valence-electron chi connectivity index (χ4n) is 6.59. The van der Waals surface area contributed by atoms with E-state index in [1.807, 2.05) is 12.1 Å². The number of piperazine rings is 1. The summed E-state index contributed by atoms with van der Waals surface area (Å²) in [7, 11) is 1.46. The number of likely N-dealkylation sites (tertiary alicyclic amines) is 1. The Kier molecular flexibility index (Phi) is 6.53. The van der Waals surface area contributed by atoms with Gasteiger partial charge >= 0.3 is 0 Å². The topological polar surface area (TPSA) is 102 Å². The van der Waals surface area contributed by atoms with E-state index in [9.17, 15) is 14.4 Å². The van der Waals surface area contributed by atoms with E-state index in [1.165, 1.54) is 12.7 Å². The number of hydrogen-bond acceptors (Lipinski definition) is 8. The molecule has 10 heteroatoms. The Morgan fingerprint density at radius 3 is 2.26 bits per heavy atom. The summed E-state index contributed by atoms with van der Waals surface area (Å²) in [5.41, 5.74) is 1.42. The first-order valence-corrected chi connectivity index (χ1v) is 14.1. The smallest absolute Gasteiger partial charge is 0.245 e. The van der Waals surface area contributed by atoms with Crippen LogP contribution in [0.5, 0.6) is 0 Å². The molecule has 1 atom stereocenters. The Bertz CT molecular complexity index is 1280. The summed E-state index contributed by atoms with van der Waals surface area (Å²) in [6, 6.07) is 8.83. The first-order chi connectivity index (χ1) is 18.8. The summed E-state index contributed by atoms with van der Waals surface area (Å²) in [6.45, 7) is 8.63. The number of aromatic nitrogens is 2. The lowest BCUT2D eigenvalue weighted by Gasteiger charge is -2.40. The summed E-state index contributed by atoms with van der Waals surface area (Å²) in [5, 5.41) is 3.30. The number of anilines is 4. The average Bonchev–Trinajstić information content (AvgIpc) is 3.54. The number of carbonyl (C=O) groups excluding carboxylic acids is 3. The van der Waals surface area contributed by atoms with E-state index in [1.54, 1.807) is 11.1 Å². The van der Waals surface area contributed by atoms with Crippen molar-refractivity contribution in [2.45, 2.75) is 64.5 Å². The SMILES string of the molecule is CC(C)N1CCN(c2ccc(Nc3ncc4c(n3)N(C3CCCC3)C(=O)C3(CC(=O)N(C)C3=O)C4)cc2)CC1. The number of carbonyl (C=O) groups is 3. The normalized spacial score (nSPS) is 24.4. The van der Waals surface area contributed by atoms with Crippen LogP contribution in [-0.4, -0.2) is 82.8 Å². The molecule has 4 aliphatic rings. The Hall–Kier alpha value is -3.53. The molecule has 206 valence electrons. The average molecular weight is 532 g/mol. The van der Waals surface area contributed by atoms with E-state index < -0.39 is 11.3 Å². The van der Waals surface area contributed by atoms with E-state index in [4.69, 9.17) is 4.98 Å². The lowest BCUT2D eigenvalue weighted by atomic mass is 9.76. The van der Waals surface area contributed by atoms with Gasteiger partial charge in [0.2, 0.25) is 23.7 Å². The van der Waals surface area contributed by atoms with Gasteiger partial charge in [-0.1, -0.05) is 12.8 Å². The molecule has 3 fully saturated rings. The number of nitrogens with one attached hydrogen (secondary N) is 1. The first-order valence-electron chi connectivity index (χ1n) is 14.1. The summed E-state index contributed by atoms with van der Waals surface area (Å²) in [6.07, 6.45) is 5.54. The Morgan fingerprint density at radius 1 is 0.949 bits per heavy atom. The van der Waals surface area contributed by atoms with Gasteiger partial charge in [0.25, 0.3) is 0 Å². The molecule has 0 radical (unpaired) electrons. The van der Waals surface area contributed by atoms with Gasteiger partial charge in [-0.25, -0.2) is 4.98 Å². The number of nitrogens with zero attached hydrogens (tertiary/aromatic N) is 6. The van der Waals surface area contributed by atoms with Gasteiger partial charge in [0.05, 0.1) is 6.42 Å². The zero-order valence-corrected chi connectivity index (χ0v) is 23.0. The van der Waals surface area contributed by atoms with Crippen LogP contribution in [0.1, 0.15) is 51.5 Å². The zero-order valence-electron chi connectivity index (χ0n) is 23.0. The van der Waals surface area contributed by atoms with Crippen molar-refractivity contribution in [3.05, 3.63) is 36.0 Å². The number of rotatable bonds is 5. The van der Waals surface area contributed by atoms with Gasteiger partial charge in [0.1, 0.15) is 11.2 Å². The van der Waals surface area contributed by atoms with Crippen LogP contribution >= 0.6 is 0 Å². The van der Waals surface area contributed by atoms with Gasteiger partial charge in [0, 0.05) is 74.9 Å². The minimum atomic E-state index is -1.38. The molecule has 1 unspecified atom stereocenters. The highest BCUT2D eigenvalue weighted by Gasteiger charge is 2.60. The van der Waals surface area contributed by atoms with Gasteiger partial charge in [0.15, 0.2) is 0 Å². The van der Waals surface area contributed by atoms with Crippen molar-refractivity contribution >= 4 is 40.9 Å². The largest absolute Gasteiger partial charge is 0.369 e. The van der Waals surface area contributed by atoms with Gasteiger partial charge < -0.3 is 10.2 Å². The third-order valence-corrected chi connectivity index (χ3v) is 8.95. The maximum Gasteiger partial charge on any atom is 0.245 e. The second-order valence-corrected chi connectivity index (χ2v) is 11.6. The molecule has 1 saturated carbocycles. The quantitative estimate of drug-likeness (QED) is 0.464. The lowest BCUT2D eigenvalue weighted by Crippen LogP contribution is -2.56. The summed E-state index contributed by atoms with van der Waals surface area (Å²) < 4.78 is 0. The van der Waals surface area contributed by atoms with E-state index >= 15 is 0 Å². The highest BCUT2D eigenvalue weighted by atomic mass is 16.2. The number of hydrogen-bond donors (Lipinski definition) is 1. The van der Waals surface area contributed by atoms with Gasteiger partial charge in [-0.15, -0.1) is 0 Å². The van der Waals surface area contributed by atoms with Crippen LogP contribution in [0.3, 0.4) is 0 Å². The molecular weight excluding hydrogens is 494 g/mol. The van der Waals surface area contributed by atoms with Crippen LogP contribution in [0.4, 0.5) is 23.1 Å². The molecule has 4 heterocycles. The van der Waals surface area contributed by atoms with E-state index in [2.05, 4.69) is 46.1 Å². The molecule has 2 aromatic rings. The van der Waals surface area contributed by atoms with Crippen LogP contribution in [0.25, 0.3) is 0 Å². The molecule has 1 aliphatic carbocycles. The number of benzene rings is 1. The molecule has 10 nitrogen and oxygen atoms in total. The fourth-order valence-corrected chi connectivity index (χ4v) is 6.59. The minimum absolute atomic E-state index is 0.0274. The Balaban J connectivity index is 1.23. The predicted molar refractivity (Wildman–Crippen MR) is 149 cm³/mol. The molecule has 0 bridgehead atoms. The third-order valence-electron chi connectivity index (χ3n) is 8.95. The maximum absolute atomic E-state index is 14.0. The number of imide groups is 1. The molecule has 39 heavy (non-hydrogen) atoms. The lowest BCUT2D eigenvalue weighted by molar-refractivity contribution is -0.144. The standard InChI is InChI=1S/C29H37N7O3/c1-19(2)34-12-14-35(15-13-34)22-10-8-21(9-11-22)31-28-30-18-20-16-29(17-24(37)33(3)26(29)38)27(39)36(25(20)32-28)23-6-4-5-7-23/h8-11,18-19,23H,4-7,12-17H2,1-3H3,(H,30,31,32). The second-order valence-electron chi connectivity index (χ2n) is 11.6. The maximum atomic E-state index is 14.0. The van der Waals surface area contributed by atoms with Crippen molar-refractivity contribution in [3.63, 3.8) is 0 Å². The van der Waals surface area contributed by atoms with Crippen molar-refractivity contribution in [3.8, 4) is 0 Å². The van der Waals surface area contributed by atoms with Crippen LogP contribution < -0.4 is 15.1 Å². The molecule has 1 spiro atoms. The van der Waals surface area contributed by atoms with Crippen LogP contribution in [0.15, 0.2) is 30.5 Å². The van der Waals surface area contributed by atoms with Crippen molar-refractivity contribution in [1.82, 2.24) is 19.8 Å². The molecule has 3 aliphatic heterocycles. The number of fused-ring (bicyclic) bond motifs is 1. The highest BCUT2D eigenvalue weighted by molar-refractivity contribution is 6.21. The molecule has 6 rings (SSSR count). The van der Waals surface area contributed by atoms with E-state index in [-0.39, 0.29) is 30.7 Å². The van der Waals surface area contributed by atoms with E-state index in [0.717, 1.165) is 68.0 Å². The predicted octanol–water partition coefficient (Wildman–Crippen LogP) is 2.96.